The summed E-state index contributed by atoms with van der Waals surface area (Å²) in [5.41, 5.74) is 2.87. The van der Waals surface area contributed by atoms with Crippen LogP contribution in [0.2, 0.25) is 0 Å². The van der Waals surface area contributed by atoms with Gasteiger partial charge in [-0.05, 0) is 42.8 Å². The van der Waals surface area contributed by atoms with E-state index >= 15 is 0 Å². The molecule has 1 N–H and O–H groups in total. The summed E-state index contributed by atoms with van der Waals surface area (Å²) >= 11 is 0. The summed E-state index contributed by atoms with van der Waals surface area (Å²) < 4.78 is 28.2. The largest absolute Gasteiger partial charge is 0.348 e. The zero-order valence-corrected chi connectivity index (χ0v) is 17.6. The highest BCUT2D eigenvalue weighted by Crippen LogP contribution is 2.17. The third kappa shape index (κ3) is 4.30. The molecule has 0 unspecified atom stereocenters. The second kappa shape index (κ2) is 8.71. The Hall–Kier alpha value is -2.78. The van der Waals surface area contributed by atoms with Gasteiger partial charge in [-0.15, -0.1) is 5.10 Å². The first-order valence-corrected chi connectivity index (χ1v) is 11.0. The Morgan fingerprint density at radius 1 is 1.07 bits per heavy atom. The predicted molar refractivity (Wildman–Crippen MR) is 111 cm³/mol. The molecule has 1 aromatic heterocycles. The molecule has 3 aromatic rings. The molecule has 0 saturated carbocycles. The van der Waals surface area contributed by atoms with Crippen LogP contribution in [0.3, 0.4) is 0 Å². The molecule has 9 heteroatoms. The van der Waals surface area contributed by atoms with Crippen molar-refractivity contribution in [2.75, 3.05) is 13.1 Å². The molecular weight excluding hydrogens is 390 g/mol. The number of rotatable bonds is 8. The Morgan fingerprint density at radius 3 is 2.38 bits per heavy atom. The van der Waals surface area contributed by atoms with E-state index < -0.39 is 10.0 Å². The summed E-state index contributed by atoms with van der Waals surface area (Å²) in [5, 5.41) is 11.0. The summed E-state index contributed by atoms with van der Waals surface area (Å²) in [6.45, 7) is 7.45. The summed E-state index contributed by atoms with van der Waals surface area (Å²) in [5.74, 6) is -0.224. The summed E-state index contributed by atoms with van der Waals surface area (Å²) in [7, 11) is -3.48. The molecule has 0 atom stereocenters. The summed E-state index contributed by atoms with van der Waals surface area (Å²) in [6.07, 6.45) is 0. The van der Waals surface area contributed by atoms with Crippen LogP contribution in [0.1, 0.15) is 36.7 Å². The molecule has 0 fully saturated rings. The molecule has 2 aromatic carbocycles. The highest BCUT2D eigenvalue weighted by molar-refractivity contribution is 7.89. The minimum Gasteiger partial charge on any atom is -0.348 e. The van der Waals surface area contributed by atoms with Gasteiger partial charge in [-0.1, -0.05) is 31.2 Å². The minimum atomic E-state index is -3.48. The van der Waals surface area contributed by atoms with Crippen LogP contribution in [0.4, 0.5) is 0 Å². The van der Waals surface area contributed by atoms with Crippen molar-refractivity contribution in [1.82, 2.24) is 24.6 Å². The maximum absolute atomic E-state index is 12.5. The summed E-state index contributed by atoms with van der Waals surface area (Å²) in [4.78, 5) is 12.7. The zero-order valence-electron chi connectivity index (χ0n) is 16.8. The smallest absolute Gasteiger partial charge is 0.251 e. The van der Waals surface area contributed by atoms with Crippen molar-refractivity contribution < 1.29 is 13.2 Å². The molecule has 1 heterocycles. The SMILES string of the molecule is CCN(CC)S(=O)(=O)c1ccc(CNC(=O)c2ccc3c(c2)nnn3CC)cc1. The van der Waals surface area contributed by atoms with Crippen molar-refractivity contribution in [2.24, 2.45) is 0 Å². The number of amides is 1. The molecule has 1 amide bonds. The third-order valence-electron chi connectivity index (χ3n) is 4.80. The van der Waals surface area contributed by atoms with Crippen molar-refractivity contribution in [1.29, 1.82) is 0 Å². The second-order valence-corrected chi connectivity index (χ2v) is 8.46. The number of nitrogens with zero attached hydrogens (tertiary/aromatic N) is 4. The standard InChI is InChI=1S/C20H25N5O3S/c1-4-24(5-2)29(27,28)17-10-7-15(8-11-17)14-21-20(26)16-9-12-19-18(13-16)22-23-25(19)6-3/h7-13H,4-6,14H2,1-3H3,(H,21,26). The maximum Gasteiger partial charge on any atom is 0.251 e. The lowest BCUT2D eigenvalue weighted by Crippen LogP contribution is -2.30. The molecule has 0 aliphatic carbocycles. The fourth-order valence-corrected chi connectivity index (χ4v) is 4.58. The minimum absolute atomic E-state index is 0.224. The van der Waals surface area contributed by atoms with Crippen molar-refractivity contribution in [3.8, 4) is 0 Å². The predicted octanol–water partition coefficient (Wildman–Crippen LogP) is 2.41. The van der Waals surface area contributed by atoms with E-state index in [0.717, 1.165) is 11.1 Å². The first-order chi connectivity index (χ1) is 13.9. The fraction of sp³-hybridized carbons (Fsp3) is 0.350. The Labute approximate surface area is 170 Å². The number of carbonyl (C=O) groups excluding carboxylic acids is 1. The van der Waals surface area contributed by atoms with Gasteiger partial charge >= 0.3 is 0 Å². The Bertz CT molecular complexity index is 1100. The van der Waals surface area contributed by atoms with Gasteiger partial charge in [0.1, 0.15) is 5.52 Å². The van der Waals surface area contributed by atoms with Gasteiger partial charge in [0.25, 0.3) is 5.91 Å². The number of benzene rings is 2. The van der Waals surface area contributed by atoms with Gasteiger partial charge in [0.2, 0.25) is 10.0 Å². The van der Waals surface area contributed by atoms with Crippen LogP contribution in [0, 0.1) is 0 Å². The number of aryl methyl sites for hydroxylation is 1. The number of fused-ring (bicyclic) bond motifs is 1. The molecule has 3 rings (SSSR count). The maximum atomic E-state index is 12.5. The van der Waals surface area contributed by atoms with E-state index in [4.69, 9.17) is 0 Å². The van der Waals surface area contributed by atoms with Crippen molar-refractivity contribution in [2.45, 2.75) is 38.8 Å². The molecule has 8 nitrogen and oxygen atoms in total. The van der Waals surface area contributed by atoms with Gasteiger partial charge in [-0.3, -0.25) is 4.79 Å². The number of carbonyl (C=O) groups is 1. The highest BCUT2D eigenvalue weighted by atomic mass is 32.2. The quantitative estimate of drug-likeness (QED) is 0.609. The van der Waals surface area contributed by atoms with Crippen molar-refractivity contribution in [3.05, 3.63) is 53.6 Å². The number of hydrogen-bond acceptors (Lipinski definition) is 5. The highest BCUT2D eigenvalue weighted by Gasteiger charge is 2.21. The van der Waals surface area contributed by atoms with Gasteiger partial charge in [-0.2, -0.15) is 4.31 Å². The van der Waals surface area contributed by atoms with Crippen LogP contribution in [0.15, 0.2) is 47.4 Å². The lowest BCUT2D eigenvalue weighted by atomic mass is 10.1. The fourth-order valence-electron chi connectivity index (χ4n) is 3.12. The zero-order chi connectivity index (χ0) is 21.0. The lowest BCUT2D eigenvalue weighted by Gasteiger charge is -2.18. The molecule has 0 aliphatic heterocycles. The molecule has 154 valence electrons. The van der Waals surface area contributed by atoms with E-state index in [1.54, 1.807) is 41.1 Å². The molecule has 0 aliphatic rings. The average Bonchev–Trinajstić information content (AvgIpc) is 3.15. The molecule has 0 radical (unpaired) electrons. The van der Waals surface area contributed by atoms with Crippen molar-refractivity contribution >= 4 is 27.0 Å². The van der Waals surface area contributed by atoms with E-state index in [9.17, 15) is 13.2 Å². The summed E-state index contributed by atoms with van der Waals surface area (Å²) in [6, 6.07) is 11.9. The topological polar surface area (TPSA) is 97.2 Å². The molecular formula is C20H25N5O3S. The van der Waals surface area contributed by atoms with E-state index in [-0.39, 0.29) is 10.8 Å². The number of hydrogen-bond donors (Lipinski definition) is 1. The third-order valence-corrected chi connectivity index (χ3v) is 6.86. The molecule has 29 heavy (non-hydrogen) atoms. The Kier molecular flexibility index (Phi) is 6.29. The lowest BCUT2D eigenvalue weighted by molar-refractivity contribution is 0.0951. The monoisotopic (exact) mass is 415 g/mol. The van der Waals surface area contributed by atoms with E-state index in [0.29, 0.717) is 37.3 Å². The number of sulfonamides is 1. The Balaban J connectivity index is 1.67. The van der Waals surface area contributed by atoms with Crippen LogP contribution in [-0.2, 0) is 23.1 Å². The van der Waals surface area contributed by atoms with Gasteiger partial charge in [0, 0.05) is 31.7 Å². The van der Waals surface area contributed by atoms with Gasteiger partial charge in [0.15, 0.2) is 0 Å². The van der Waals surface area contributed by atoms with Crippen LogP contribution in [0.5, 0.6) is 0 Å². The Morgan fingerprint density at radius 2 is 1.76 bits per heavy atom. The van der Waals surface area contributed by atoms with Crippen LogP contribution in [-0.4, -0.2) is 46.7 Å². The van der Waals surface area contributed by atoms with E-state index in [1.807, 2.05) is 26.8 Å². The van der Waals surface area contributed by atoms with Gasteiger partial charge in [-0.25, -0.2) is 13.1 Å². The van der Waals surface area contributed by atoms with E-state index in [1.165, 1.54) is 4.31 Å². The normalized spacial score (nSPS) is 11.9. The molecule has 0 saturated heterocycles. The molecule has 0 spiro atoms. The number of aromatic nitrogens is 3. The average molecular weight is 416 g/mol. The van der Waals surface area contributed by atoms with Crippen molar-refractivity contribution in [3.63, 3.8) is 0 Å². The first-order valence-electron chi connectivity index (χ1n) is 9.61. The first kappa shape index (κ1) is 20.9. The number of nitrogens with one attached hydrogen (secondary N) is 1. The second-order valence-electron chi connectivity index (χ2n) is 6.52. The van der Waals surface area contributed by atoms with Crippen LogP contribution >= 0.6 is 0 Å². The van der Waals surface area contributed by atoms with Gasteiger partial charge in [0.05, 0.1) is 10.4 Å². The van der Waals surface area contributed by atoms with Gasteiger partial charge < -0.3 is 5.32 Å². The van der Waals surface area contributed by atoms with Crippen LogP contribution < -0.4 is 5.32 Å². The van der Waals surface area contributed by atoms with Crippen LogP contribution in [0.25, 0.3) is 11.0 Å². The van der Waals surface area contributed by atoms with E-state index in [2.05, 4.69) is 15.6 Å². The molecule has 0 bridgehead atoms.